The highest BCUT2D eigenvalue weighted by molar-refractivity contribution is 6.06. The number of piperidine rings is 1. The second-order valence-electron chi connectivity index (χ2n) is 7.31. The number of likely N-dealkylation sites (tertiary alicyclic amines) is 1. The van der Waals surface area contributed by atoms with E-state index in [0.717, 1.165) is 47.6 Å². The van der Waals surface area contributed by atoms with Gasteiger partial charge in [0.2, 0.25) is 0 Å². The van der Waals surface area contributed by atoms with Crippen molar-refractivity contribution in [3.05, 3.63) is 64.7 Å². The molecule has 5 nitrogen and oxygen atoms in total. The number of hydrogen-bond donors (Lipinski definition) is 2. The lowest BCUT2D eigenvalue weighted by atomic mass is 9.97. The predicted octanol–water partition coefficient (Wildman–Crippen LogP) is 3.85. The van der Waals surface area contributed by atoms with Crippen molar-refractivity contribution in [1.29, 1.82) is 0 Å². The Morgan fingerprint density at radius 1 is 1.07 bits per heavy atom. The zero-order chi connectivity index (χ0) is 19.4. The lowest BCUT2D eigenvalue weighted by Crippen LogP contribution is -2.35. The summed E-state index contributed by atoms with van der Waals surface area (Å²) in [5.74, 6) is -1.000. The number of carbonyl (C=O) groups excluding carboxylic acids is 1. The maximum absolute atomic E-state index is 12.7. The van der Waals surface area contributed by atoms with Crippen molar-refractivity contribution in [3.8, 4) is 0 Å². The zero-order valence-electron chi connectivity index (χ0n) is 15.9. The molecule has 1 saturated heterocycles. The number of amides is 1. The molecule has 1 heterocycles. The third-order valence-corrected chi connectivity index (χ3v) is 5.24. The minimum atomic E-state index is -0.689. The van der Waals surface area contributed by atoms with Crippen molar-refractivity contribution in [2.75, 3.05) is 18.4 Å². The van der Waals surface area contributed by atoms with E-state index >= 15 is 0 Å². The molecule has 2 N–H and O–H groups in total. The van der Waals surface area contributed by atoms with Gasteiger partial charge in [0.25, 0.3) is 5.91 Å². The van der Waals surface area contributed by atoms with E-state index in [9.17, 15) is 9.59 Å². The molecule has 1 aliphatic rings. The van der Waals surface area contributed by atoms with Crippen LogP contribution in [0.2, 0.25) is 0 Å². The zero-order valence-corrected chi connectivity index (χ0v) is 15.9. The number of carboxylic acid groups (broad SMARTS) is 1. The summed E-state index contributed by atoms with van der Waals surface area (Å²) in [5, 5.41) is 12.1. The molecule has 27 heavy (non-hydrogen) atoms. The summed E-state index contributed by atoms with van der Waals surface area (Å²) in [4.78, 5) is 26.0. The van der Waals surface area contributed by atoms with Gasteiger partial charge in [0, 0.05) is 17.8 Å². The Morgan fingerprint density at radius 3 is 2.33 bits per heavy atom. The molecule has 1 amide bonds. The Morgan fingerprint density at radius 2 is 1.70 bits per heavy atom. The fourth-order valence-electron chi connectivity index (χ4n) is 3.71. The SMILES string of the molecule is Cc1cccc(C)c1C(=O)Nc1cccc(CN2CCC(C(=O)O)CC2)c1. The van der Waals surface area contributed by atoms with Gasteiger partial charge >= 0.3 is 5.97 Å². The summed E-state index contributed by atoms with van der Waals surface area (Å²) < 4.78 is 0. The summed E-state index contributed by atoms with van der Waals surface area (Å²) in [6, 6.07) is 13.7. The first-order valence-corrected chi connectivity index (χ1v) is 9.35. The van der Waals surface area contributed by atoms with Crippen LogP contribution < -0.4 is 5.32 Å². The predicted molar refractivity (Wildman–Crippen MR) is 106 cm³/mol. The topological polar surface area (TPSA) is 69.6 Å². The second kappa shape index (κ2) is 8.35. The van der Waals surface area contributed by atoms with Crippen LogP contribution in [-0.2, 0) is 11.3 Å². The lowest BCUT2D eigenvalue weighted by molar-refractivity contribution is -0.143. The van der Waals surface area contributed by atoms with Crippen LogP contribution in [-0.4, -0.2) is 35.0 Å². The van der Waals surface area contributed by atoms with Gasteiger partial charge in [-0.05, 0) is 68.6 Å². The Kier molecular flexibility index (Phi) is 5.91. The number of rotatable bonds is 5. The van der Waals surface area contributed by atoms with E-state index in [2.05, 4.69) is 10.2 Å². The van der Waals surface area contributed by atoms with Crippen molar-refractivity contribution >= 4 is 17.6 Å². The van der Waals surface area contributed by atoms with Gasteiger partial charge in [-0.2, -0.15) is 0 Å². The molecule has 2 aromatic carbocycles. The number of benzene rings is 2. The van der Waals surface area contributed by atoms with Crippen LogP contribution >= 0.6 is 0 Å². The second-order valence-corrected chi connectivity index (χ2v) is 7.31. The number of nitrogens with one attached hydrogen (secondary N) is 1. The number of aryl methyl sites for hydroxylation is 2. The van der Waals surface area contributed by atoms with E-state index in [4.69, 9.17) is 5.11 Å². The number of aliphatic carboxylic acids is 1. The minimum Gasteiger partial charge on any atom is -0.481 e. The van der Waals surface area contributed by atoms with E-state index in [0.29, 0.717) is 12.8 Å². The van der Waals surface area contributed by atoms with Crippen molar-refractivity contribution < 1.29 is 14.7 Å². The van der Waals surface area contributed by atoms with Gasteiger partial charge in [0.15, 0.2) is 0 Å². The van der Waals surface area contributed by atoms with Gasteiger partial charge < -0.3 is 10.4 Å². The molecule has 1 aliphatic heterocycles. The monoisotopic (exact) mass is 366 g/mol. The molecule has 2 aromatic rings. The maximum Gasteiger partial charge on any atom is 0.306 e. The molecule has 0 radical (unpaired) electrons. The molecular formula is C22H26N2O3. The third-order valence-electron chi connectivity index (χ3n) is 5.24. The van der Waals surface area contributed by atoms with Crippen molar-refractivity contribution in [2.45, 2.75) is 33.2 Å². The molecule has 1 fully saturated rings. The maximum atomic E-state index is 12.7. The first kappa shape index (κ1) is 19.1. The standard InChI is InChI=1S/C22H26N2O3/c1-15-5-3-6-16(2)20(15)21(25)23-19-8-4-7-17(13-19)14-24-11-9-18(10-12-24)22(26)27/h3-8,13,18H,9-12,14H2,1-2H3,(H,23,25)(H,26,27). The fraction of sp³-hybridized carbons (Fsp3) is 0.364. The van der Waals surface area contributed by atoms with E-state index in [1.165, 1.54) is 0 Å². The molecule has 3 rings (SSSR count). The van der Waals surface area contributed by atoms with Crippen LogP contribution in [0.3, 0.4) is 0 Å². The number of carbonyl (C=O) groups is 2. The Hall–Kier alpha value is -2.66. The summed E-state index contributed by atoms with van der Waals surface area (Å²) >= 11 is 0. The van der Waals surface area contributed by atoms with Gasteiger partial charge in [-0.25, -0.2) is 0 Å². The van der Waals surface area contributed by atoms with Gasteiger partial charge in [-0.15, -0.1) is 0 Å². The van der Waals surface area contributed by atoms with Crippen LogP contribution in [0.1, 0.15) is 39.9 Å². The molecule has 0 bridgehead atoms. The molecule has 0 atom stereocenters. The summed E-state index contributed by atoms with van der Waals surface area (Å²) in [7, 11) is 0. The van der Waals surface area contributed by atoms with Crippen molar-refractivity contribution in [3.63, 3.8) is 0 Å². The quantitative estimate of drug-likeness (QED) is 0.843. The van der Waals surface area contributed by atoms with Gasteiger partial charge in [-0.3, -0.25) is 14.5 Å². The number of nitrogens with zero attached hydrogens (tertiary/aromatic N) is 1. The molecule has 0 aliphatic carbocycles. The molecule has 0 aromatic heterocycles. The third kappa shape index (κ3) is 4.74. The molecule has 5 heteroatoms. The Balaban J connectivity index is 1.64. The average Bonchev–Trinajstić information content (AvgIpc) is 2.62. The van der Waals surface area contributed by atoms with Gasteiger partial charge in [-0.1, -0.05) is 30.3 Å². The first-order chi connectivity index (χ1) is 12.9. The number of anilines is 1. The smallest absolute Gasteiger partial charge is 0.306 e. The van der Waals surface area contributed by atoms with Crippen molar-refractivity contribution in [2.24, 2.45) is 5.92 Å². The van der Waals surface area contributed by atoms with Gasteiger partial charge in [0.1, 0.15) is 0 Å². The Labute approximate surface area is 160 Å². The van der Waals surface area contributed by atoms with Crippen LogP contribution in [0.25, 0.3) is 0 Å². The highest BCUT2D eigenvalue weighted by Gasteiger charge is 2.24. The molecule has 0 unspecified atom stereocenters. The Bertz CT molecular complexity index is 819. The number of hydrogen-bond acceptors (Lipinski definition) is 3. The van der Waals surface area contributed by atoms with E-state index in [-0.39, 0.29) is 11.8 Å². The highest BCUT2D eigenvalue weighted by Crippen LogP contribution is 2.21. The average molecular weight is 366 g/mol. The first-order valence-electron chi connectivity index (χ1n) is 9.35. The summed E-state index contributed by atoms with van der Waals surface area (Å²) in [5.41, 5.74) is 4.54. The largest absolute Gasteiger partial charge is 0.481 e. The highest BCUT2D eigenvalue weighted by atomic mass is 16.4. The fourth-order valence-corrected chi connectivity index (χ4v) is 3.71. The van der Waals surface area contributed by atoms with Crippen LogP contribution in [0.15, 0.2) is 42.5 Å². The normalized spacial score (nSPS) is 15.5. The molecule has 0 saturated carbocycles. The van der Waals surface area contributed by atoms with Crippen LogP contribution in [0, 0.1) is 19.8 Å². The van der Waals surface area contributed by atoms with E-state index < -0.39 is 5.97 Å². The van der Waals surface area contributed by atoms with Gasteiger partial charge in [0.05, 0.1) is 5.92 Å². The number of carboxylic acids is 1. The summed E-state index contributed by atoms with van der Waals surface area (Å²) in [6.07, 6.45) is 1.39. The molecular weight excluding hydrogens is 340 g/mol. The summed E-state index contributed by atoms with van der Waals surface area (Å²) in [6.45, 7) is 6.23. The van der Waals surface area contributed by atoms with Crippen molar-refractivity contribution in [1.82, 2.24) is 4.90 Å². The van der Waals surface area contributed by atoms with Crippen LogP contribution in [0.4, 0.5) is 5.69 Å². The van der Waals surface area contributed by atoms with Crippen LogP contribution in [0.5, 0.6) is 0 Å². The lowest BCUT2D eigenvalue weighted by Gasteiger charge is -2.30. The minimum absolute atomic E-state index is 0.0926. The molecule has 142 valence electrons. The van der Waals surface area contributed by atoms with E-state index in [1.807, 2.05) is 56.3 Å². The van der Waals surface area contributed by atoms with E-state index in [1.54, 1.807) is 0 Å². The molecule has 0 spiro atoms.